The number of carboxylic acid groups (broad SMARTS) is 1. The van der Waals surface area contributed by atoms with Gasteiger partial charge in [-0.15, -0.1) is 0 Å². The van der Waals surface area contributed by atoms with Gasteiger partial charge in [-0.3, -0.25) is 4.79 Å². The van der Waals surface area contributed by atoms with Crippen LogP contribution < -0.4 is 0 Å². The molecule has 1 aliphatic carbocycles. The first-order valence-corrected chi connectivity index (χ1v) is 6.14. The fourth-order valence-electron chi connectivity index (χ4n) is 3.01. The maximum atomic E-state index is 12.2. The van der Waals surface area contributed by atoms with E-state index in [0.717, 1.165) is 25.7 Å². The lowest BCUT2D eigenvalue weighted by atomic mass is 9.96. The Morgan fingerprint density at radius 3 is 2.50 bits per heavy atom. The van der Waals surface area contributed by atoms with Gasteiger partial charge in [-0.25, -0.2) is 4.79 Å². The summed E-state index contributed by atoms with van der Waals surface area (Å²) < 4.78 is 0. The molecule has 4 nitrogen and oxygen atoms in total. The Morgan fingerprint density at radius 1 is 1.19 bits per heavy atom. The van der Waals surface area contributed by atoms with Crippen LogP contribution in [0.3, 0.4) is 0 Å². The van der Waals surface area contributed by atoms with Gasteiger partial charge in [0.05, 0.1) is 0 Å². The molecule has 0 aromatic carbocycles. The lowest BCUT2D eigenvalue weighted by Crippen LogP contribution is -2.44. The van der Waals surface area contributed by atoms with Gasteiger partial charge in [-0.2, -0.15) is 0 Å². The summed E-state index contributed by atoms with van der Waals surface area (Å²) in [5.74, 6) is -0.283. The zero-order valence-electron chi connectivity index (χ0n) is 9.69. The van der Waals surface area contributed by atoms with Crippen LogP contribution in [0.15, 0.2) is 0 Å². The first-order valence-electron chi connectivity index (χ1n) is 6.14. The summed E-state index contributed by atoms with van der Waals surface area (Å²) >= 11 is 0. The maximum absolute atomic E-state index is 12.2. The van der Waals surface area contributed by atoms with E-state index in [1.165, 1.54) is 0 Å². The molecule has 90 valence electrons. The quantitative estimate of drug-likeness (QED) is 0.774. The molecule has 0 aromatic heterocycles. The van der Waals surface area contributed by atoms with Gasteiger partial charge < -0.3 is 10.0 Å². The number of hydrogen-bond donors (Lipinski definition) is 1. The number of nitrogens with zero attached hydrogens (tertiary/aromatic N) is 1. The van der Waals surface area contributed by atoms with E-state index in [-0.39, 0.29) is 11.8 Å². The summed E-state index contributed by atoms with van der Waals surface area (Å²) in [5.41, 5.74) is 0. The van der Waals surface area contributed by atoms with Crippen molar-refractivity contribution in [1.29, 1.82) is 0 Å². The second kappa shape index (κ2) is 4.44. The van der Waals surface area contributed by atoms with Gasteiger partial charge in [0.2, 0.25) is 5.91 Å². The van der Waals surface area contributed by atoms with Crippen molar-refractivity contribution < 1.29 is 14.7 Å². The maximum Gasteiger partial charge on any atom is 0.326 e. The highest BCUT2D eigenvalue weighted by Gasteiger charge is 2.39. The van der Waals surface area contributed by atoms with E-state index in [9.17, 15) is 9.59 Å². The van der Waals surface area contributed by atoms with E-state index < -0.39 is 12.0 Å². The van der Waals surface area contributed by atoms with Crippen molar-refractivity contribution in [3.63, 3.8) is 0 Å². The van der Waals surface area contributed by atoms with Gasteiger partial charge in [-0.1, -0.05) is 13.3 Å². The molecule has 1 amide bonds. The summed E-state index contributed by atoms with van der Waals surface area (Å²) in [5, 5.41) is 9.05. The molecule has 1 aliphatic heterocycles. The van der Waals surface area contributed by atoms with E-state index in [2.05, 4.69) is 6.92 Å². The van der Waals surface area contributed by atoms with E-state index >= 15 is 0 Å². The molecule has 2 unspecified atom stereocenters. The molecule has 0 spiro atoms. The van der Waals surface area contributed by atoms with Crippen LogP contribution in [0.5, 0.6) is 0 Å². The van der Waals surface area contributed by atoms with Crippen LogP contribution in [0.2, 0.25) is 0 Å². The molecule has 1 N–H and O–H groups in total. The van der Waals surface area contributed by atoms with Crippen molar-refractivity contribution in [2.24, 2.45) is 11.8 Å². The molecule has 0 radical (unpaired) electrons. The molecule has 16 heavy (non-hydrogen) atoms. The molecule has 2 fully saturated rings. The first kappa shape index (κ1) is 11.4. The van der Waals surface area contributed by atoms with Crippen molar-refractivity contribution in [2.75, 3.05) is 6.54 Å². The number of carboxylic acids is 1. The smallest absolute Gasteiger partial charge is 0.326 e. The van der Waals surface area contributed by atoms with Gasteiger partial charge in [0.1, 0.15) is 6.04 Å². The standard InChI is InChI=1S/C12H19NO3/c1-8-4-2-5-9(8)11(14)13-7-3-6-10(13)12(15)16/h8-10H,2-7H2,1H3,(H,15,16)/t8?,9?,10-/m0/s1. The van der Waals surface area contributed by atoms with Crippen LogP contribution in [-0.4, -0.2) is 34.5 Å². The Labute approximate surface area is 95.6 Å². The van der Waals surface area contributed by atoms with Gasteiger partial charge in [0.15, 0.2) is 0 Å². The van der Waals surface area contributed by atoms with Crippen LogP contribution in [0.25, 0.3) is 0 Å². The minimum atomic E-state index is -0.850. The highest BCUT2D eigenvalue weighted by molar-refractivity contribution is 5.86. The number of carbonyl (C=O) groups excluding carboxylic acids is 1. The Balaban J connectivity index is 2.06. The van der Waals surface area contributed by atoms with E-state index in [4.69, 9.17) is 5.11 Å². The highest BCUT2D eigenvalue weighted by Crippen LogP contribution is 2.34. The fraction of sp³-hybridized carbons (Fsp3) is 0.833. The van der Waals surface area contributed by atoms with Crippen molar-refractivity contribution in [1.82, 2.24) is 4.90 Å². The van der Waals surface area contributed by atoms with Gasteiger partial charge in [0, 0.05) is 12.5 Å². The number of amides is 1. The molecule has 2 aliphatic rings. The van der Waals surface area contributed by atoms with Crippen molar-refractivity contribution >= 4 is 11.9 Å². The van der Waals surface area contributed by atoms with Crippen LogP contribution >= 0.6 is 0 Å². The molecule has 4 heteroatoms. The minimum Gasteiger partial charge on any atom is -0.480 e. The summed E-state index contributed by atoms with van der Waals surface area (Å²) in [6.45, 7) is 2.72. The van der Waals surface area contributed by atoms with Crippen molar-refractivity contribution in [3.05, 3.63) is 0 Å². The first-order chi connectivity index (χ1) is 7.61. The number of likely N-dealkylation sites (tertiary alicyclic amines) is 1. The van der Waals surface area contributed by atoms with Crippen molar-refractivity contribution in [3.8, 4) is 0 Å². The zero-order valence-corrected chi connectivity index (χ0v) is 9.69. The Hall–Kier alpha value is -1.06. The van der Waals surface area contributed by atoms with E-state index in [1.54, 1.807) is 4.90 Å². The average molecular weight is 225 g/mol. The largest absolute Gasteiger partial charge is 0.480 e. The molecule has 1 saturated heterocycles. The van der Waals surface area contributed by atoms with E-state index in [0.29, 0.717) is 18.9 Å². The third-order valence-corrected chi connectivity index (χ3v) is 4.00. The topological polar surface area (TPSA) is 57.6 Å². The lowest BCUT2D eigenvalue weighted by Gasteiger charge is -2.26. The molecular formula is C12H19NO3. The van der Waals surface area contributed by atoms with Crippen LogP contribution in [0, 0.1) is 11.8 Å². The predicted octanol–water partition coefficient (Wildman–Crippen LogP) is 1.50. The molecule has 0 aromatic rings. The third-order valence-electron chi connectivity index (χ3n) is 4.00. The normalized spacial score (nSPS) is 34.3. The summed E-state index contributed by atoms with van der Waals surface area (Å²) in [6.07, 6.45) is 4.57. The third kappa shape index (κ3) is 1.93. The van der Waals surface area contributed by atoms with Crippen molar-refractivity contribution in [2.45, 2.75) is 45.1 Å². The van der Waals surface area contributed by atoms with Crippen LogP contribution in [-0.2, 0) is 9.59 Å². The van der Waals surface area contributed by atoms with E-state index in [1.807, 2.05) is 0 Å². The number of aliphatic carboxylic acids is 1. The summed E-state index contributed by atoms with van der Waals surface area (Å²) in [6, 6.07) is -0.569. The van der Waals surface area contributed by atoms with Gasteiger partial charge in [-0.05, 0) is 31.6 Å². The molecule has 0 bridgehead atoms. The van der Waals surface area contributed by atoms with Crippen LogP contribution in [0.1, 0.15) is 39.0 Å². The predicted molar refractivity (Wildman–Crippen MR) is 58.9 cm³/mol. The summed E-state index contributed by atoms with van der Waals surface area (Å²) in [7, 11) is 0. The molecule has 1 heterocycles. The second-order valence-electron chi connectivity index (χ2n) is 5.04. The molecule has 2 rings (SSSR count). The number of carbonyl (C=O) groups is 2. The van der Waals surface area contributed by atoms with Gasteiger partial charge >= 0.3 is 5.97 Å². The minimum absolute atomic E-state index is 0.0694. The molecule has 3 atom stereocenters. The SMILES string of the molecule is CC1CCCC1C(=O)N1CCC[C@H]1C(=O)O. The zero-order chi connectivity index (χ0) is 11.7. The number of hydrogen-bond acceptors (Lipinski definition) is 2. The molecular weight excluding hydrogens is 206 g/mol. The number of rotatable bonds is 2. The highest BCUT2D eigenvalue weighted by atomic mass is 16.4. The molecule has 1 saturated carbocycles. The Morgan fingerprint density at radius 2 is 1.94 bits per heavy atom. The summed E-state index contributed by atoms with van der Waals surface area (Å²) in [4.78, 5) is 24.8. The van der Waals surface area contributed by atoms with Crippen LogP contribution in [0.4, 0.5) is 0 Å². The van der Waals surface area contributed by atoms with Gasteiger partial charge in [0.25, 0.3) is 0 Å². The Bertz CT molecular complexity index is 303. The fourth-order valence-corrected chi connectivity index (χ4v) is 3.01. The average Bonchev–Trinajstić information content (AvgIpc) is 2.84. The monoisotopic (exact) mass is 225 g/mol. The second-order valence-corrected chi connectivity index (χ2v) is 5.04. The Kier molecular flexibility index (Phi) is 3.17. The lowest BCUT2D eigenvalue weighted by molar-refractivity contribution is -0.150.